The van der Waals surface area contributed by atoms with Gasteiger partial charge in [-0.3, -0.25) is 0 Å². The molecule has 0 radical (unpaired) electrons. The highest BCUT2D eigenvalue weighted by atomic mass is 14.8. The van der Waals surface area contributed by atoms with Crippen molar-refractivity contribution >= 4 is 0 Å². The van der Waals surface area contributed by atoms with Crippen LogP contribution in [0, 0.1) is 27.7 Å². The summed E-state index contributed by atoms with van der Waals surface area (Å²) in [5.41, 5.74) is 7.31. The number of nitrogens with one attached hydrogen (secondary N) is 1. The van der Waals surface area contributed by atoms with Crippen LogP contribution < -0.4 is 5.32 Å². The summed E-state index contributed by atoms with van der Waals surface area (Å²) in [5.74, 6) is 0. The van der Waals surface area contributed by atoms with Crippen LogP contribution in [0.5, 0.6) is 0 Å². The molecule has 0 amide bonds. The zero-order valence-electron chi connectivity index (χ0n) is 10.7. The number of aryl methyl sites for hydroxylation is 2. The minimum Gasteiger partial charge on any atom is -0.317 e. The maximum absolute atomic E-state index is 3.39. The van der Waals surface area contributed by atoms with Gasteiger partial charge in [0, 0.05) is 0 Å². The van der Waals surface area contributed by atoms with Gasteiger partial charge in [0.15, 0.2) is 0 Å². The Morgan fingerprint density at radius 2 is 1.53 bits per heavy atom. The second kappa shape index (κ2) is 5.32. The summed E-state index contributed by atoms with van der Waals surface area (Å²) in [6.45, 7) is 13.2. The fourth-order valence-electron chi connectivity index (χ4n) is 2.06. The molecule has 0 aliphatic heterocycles. The Kier molecular flexibility index (Phi) is 4.34. The van der Waals surface area contributed by atoms with Crippen molar-refractivity contribution in [2.75, 3.05) is 13.1 Å². The van der Waals surface area contributed by atoms with Gasteiger partial charge in [-0.25, -0.2) is 0 Å². The van der Waals surface area contributed by atoms with Crippen LogP contribution in [0.25, 0.3) is 0 Å². The Morgan fingerprint density at radius 1 is 1.00 bits per heavy atom. The van der Waals surface area contributed by atoms with Crippen molar-refractivity contribution in [2.45, 2.75) is 41.0 Å². The number of hydrogen-bond donors (Lipinski definition) is 1. The van der Waals surface area contributed by atoms with E-state index in [4.69, 9.17) is 0 Å². The first-order valence-electron chi connectivity index (χ1n) is 5.85. The summed E-state index contributed by atoms with van der Waals surface area (Å²) < 4.78 is 0. The fraction of sp³-hybridized carbons (Fsp3) is 0.571. The van der Waals surface area contributed by atoms with E-state index < -0.39 is 0 Å². The summed E-state index contributed by atoms with van der Waals surface area (Å²) in [6.07, 6.45) is 1.15. The molecule has 0 bridgehead atoms. The van der Waals surface area contributed by atoms with Crippen molar-refractivity contribution in [3.05, 3.63) is 33.9 Å². The average molecular weight is 205 g/mol. The van der Waals surface area contributed by atoms with Gasteiger partial charge in [-0.1, -0.05) is 13.0 Å². The van der Waals surface area contributed by atoms with Gasteiger partial charge in [0.1, 0.15) is 0 Å². The number of likely N-dealkylation sites (N-methyl/N-ethyl adjacent to an activating group) is 1. The van der Waals surface area contributed by atoms with E-state index in [0.29, 0.717) is 0 Å². The predicted octanol–water partition coefficient (Wildman–Crippen LogP) is 3.07. The van der Waals surface area contributed by atoms with Gasteiger partial charge < -0.3 is 5.32 Å². The molecule has 1 aromatic rings. The van der Waals surface area contributed by atoms with Crippen molar-refractivity contribution in [3.8, 4) is 0 Å². The molecule has 0 saturated carbocycles. The van der Waals surface area contributed by atoms with Crippen LogP contribution in [0.1, 0.15) is 34.7 Å². The van der Waals surface area contributed by atoms with Crippen molar-refractivity contribution in [3.63, 3.8) is 0 Å². The third-order valence-electron chi connectivity index (χ3n) is 3.32. The molecule has 0 saturated heterocycles. The molecular formula is C14H23N. The fourth-order valence-corrected chi connectivity index (χ4v) is 2.06. The van der Waals surface area contributed by atoms with Gasteiger partial charge in [0.25, 0.3) is 0 Å². The third kappa shape index (κ3) is 2.82. The molecule has 0 aromatic heterocycles. The Bertz CT molecular complexity index is 313. The molecule has 84 valence electrons. The van der Waals surface area contributed by atoms with E-state index in [2.05, 4.69) is 46.0 Å². The SMILES string of the molecule is CCNCCc1c(C)c(C)cc(C)c1C. The Morgan fingerprint density at radius 3 is 2.00 bits per heavy atom. The van der Waals surface area contributed by atoms with Crippen molar-refractivity contribution in [1.82, 2.24) is 5.32 Å². The lowest BCUT2D eigenvalue weighted by atomic mass is 9.92. The molecule has 1 heteroatoms. The number of hydrogen-bond acceptors (Lipinski definition) is 1. The molecule has 0 aliphatic carbocycles. The smallest absolute Gasteiger partial charge is 0.000826 e. The predicted molar refractivity (Wildman–Crippen MR) is 67.6 cm³/mol. The van der Waals surface area contributed by atoms with Gasteiger partial charge in [-0.15, -0.1) is 0 Å². The van der Waals surface area contributed by atoms with Crippen LogP contribution in [0.15, 0.2) is 6.07 Å². The minimum absolute atomic E-state index is 1.06. The molecule has 0 spiro atoms. The van der Waals surface area contributed by atoms with E-state index in [-0.39, 0.29) is 0 Å². The van der Waals surface area contributed by atoms with Crippen LogP contribution in [0.4, 0.5) is 0 Å². The van der Waals surface area contributed by atoms with E-state index in [0.717, 1.165) is 19.5 Å². The largest absolute Gasteiger partial charge is 0.317 e. The monoisotopic (exact) mass is 205 g/mol. The molecule has 0 unspecified atom stereocenters. The zero-order valence-corrected chi connectivity index (χ0v) is 10.7. The van der Waals surface area contributed by atoms with Crippen LogP contribution >= 0.6 is 0 Å². The summed E-state index contributed by atoms with van der Waals surface area (Å²) in [4.78, 5) is 0. The second-order valence-electron chi connectivity index (χ2n) is 4.34. The molecular weight excluding hydrogens is 182 g/mol. The molecule has 1 aromatic carbocycles. The Hall–Kier alpha value is -0.820. The molecule has 0 atom stereocenters. The summed E-state index contributed by atoms with van der Waals surface area (Å²) in [7, 11) is 0. The lowest BCUT2D eigenvalue weighted by Crippen LogP contribution is -2.17. The lowest BCUT2D eigenvalue weighted by molar-refractivity contribution is 0.712. The van der Waals surface area contributed by atoms with Crippen molar-refractivity contribution in [1.29, 1.82) is 0 Å². The zero-order chi connectivity index (χ0) is 11.4. The molecule has 15 heavy (non-hydrogen) atoms. The maximum Gasteiger partial charge on any atom is -0.000826 e. The van der Waals surface area contributed by atoms with E-state index >= 15 is 0 Å². The van der Waals surface area contributed by atoms with Gasteiger partial charge in [-0.2, -0.15) is 0 Å². The lowest BCUT2D eigenvalue weighted by Gasteiger charge is -2.15. The first kappa shape index (κ1) is 12.3. The highest BCUT2D eigenvalue weighted by Gasteiger charge is 2.07. The normalized spacial score (nSPS) is 10.7. The van der Waals surface area contributed by atoms with Gasteiger partial charge >= 0.3 is 0 Å². The molecule has 0 heterocycles. The second-order valence-corrected chi connectivity index (χ2v) is 4.34. The van der Waals surface area contributed by atoms with Gasteiger partial charge in [0.05, 0.1) is 0 Å². The van der Waals surface area contributed by atoms with Crippen LogP contribution in [-0.4, -0.2) is 13.1 Å². The van der Waals surface area contributed by atoms with Crippen molar-refractivity contribution < 1.29 is 0 Å². The third-order valence-corrected chi connectivity index (χ3v) is 3.32. The quantitative estimate of drug-likeness (QED) is 0.745. The molecule has 1 N–H and O–H groups in total. The minimum atomic E-state index is 1.06. The average Bonchev–Trinajstić information content (AvgIpc) is 2.20. The number of benzene rings is 1. The highest BCUT2D eigenvalue weighted by molar-refractivity contribution is 5.44. The van der Waals surface area contributed by atoms with E-state index in [9.17, 15) is 0 Å². The summed E-state index contributed by atoms with van der Waals surface area (Å²) in [5, 5.41) is 3.39. The van der Waals surface area contributed by atoms with Gasteiger partial charge in [-0.05, 0) is 75.0 Å². The van der Waals surface area contributed by atoms with E-state index in [1.54, 1.807) is 0 Å². The van der Waals surface area contributed by atoms with E-state index in [1.807, 2.05) is 0 Å². The van der Waals surface area contributed by atoms with Crippen LogP contribution in [-0.2, 0) is 6.42 Å². The topological polar surface area (TPSA) is 12.0 Å². The molecule has 1 rings (SSSR count). The Labute approximate surface area is 93.9 Å². The van der Waals surface area contributed by atoms with Crippen LogP contribution in [0.3, 0.4) is 0 Å². The first-order chi connectivity index (χ1) is 7.07. The molecule has 0 fully saturated rings. The van der Waals surface area contributed by atoms with Crippen molar-refractivity contribution in [2.24, 2.45) is 0 Å². The first-order valence-corrected chi connectivity index (χ1v) is 5.85. The Balaban J connectivity index is 2.94. The standard InChI is InChI=1S/C14H23N/c1-6-15-8-7-14-12(4)10(2)9-11(3)13(14)5/h9,15H,6-8H2,1-5H3. The molecule has 0 aliphatic rings. The maximum atomic E-state index is 3.39. The van der Waals surface area contributed by atoms with Gasteiger partial charge in [0.2, 0.25) is 0 Å². The van der Waals surface area contributed by atoms with Crippen LogP contribution in [0.2, 0.25) is 0 Å². The van der Waals surface area contributed by atoms with E-state index in [1.165, 1.54) is 27.8 Å². The highest BCUT2D eigenvalue weighted by Crippen LogP contribution is 2.21. The number of rotatable bonds is 4. The molecule has 1 nitrogen and oxygen atoms in total. The summed E-state index contributed by atoms with van der Waals surface area (Å²) in [6, 6.07) is 2.29. The summed E-state index contributed by atoms with van der Waals surface area (Å²) >= 11 is 0.